The third kappa shape index (κ3) is 3.42. The number of nitrogens with zero attached hydrogens (tertiary/aromatic N) is 1. The fraction of sp³-hybridized carbons (Fsp3) is 0.667. The fourth-order valence-corrected chi connectivity index (χ4v) is 3.78. The van der Waals surface area contributed by atoms with Gasteiger partial charge in [-0.1, -0.05) is 31.2 Å². The maximum absolute atomic E-state index is 3.82. The molecule has 1 aliphatic heterocycles. The van der Waals surface area contributed by atoms with E-state index in [1.165, 1.54) is 51.7 Å². The molecule has 0 amide bonds. The van der Waals surface area contributed by atoms with Gasteiger partial charge in [0.15, 0.2) is 0 Å². The largest absolute Gasteiger partial charge is 0.310 e. The maximum Gasteiger partial charge on any atom is 0.0323 e. The SMILES string of the molecule is CC(CNC1CCCc2ccccc21)CN1CCCC1. The second-order valence-corrected chi connectivity index (χ2v) is 6.66. The molecule has 1 fully saturated rings. The molecule has 1 N–H and O–H groups in total. The Bertz CT molecular complexity index is 423. The van der Waals surface area contributed by atoms with Gasteiger partial charge in [-0.3, -0.25) is 0 Å². The van der Waals surface area contributed by atoms with Crippen molar-refractivity contribution in [2.24, 2.45) is 5.92 Å². The van der Waals surface area contributed by atoms with Gasteiger partial charge in [0.25, 0.3) is 0 Å². The smallest absolute Gasteiger partial charge is 0.0323 e. The molecule has 0 saturated carbocycles. The average molecular weight is 272 g/mol. The van der Waals surface area contributed by atoms with Crippen LogP contribution >= 0.6 is 0 Å². The summed E-state index contributed by atoms with van der Waals surface area (Å²) >= 11 is 0. The zero-order valence-corrected chi connectivity index (χ0v) is 12.8. The molecule has 1 heterocycles. The predicted molar refractivity (Wildman–Crippen MR) is 85.0 cm³/mol. The van der Waals surface area contributed by atoms with Crippen LogP contribution in [-0.2, 0) is 6.42 Å². The lowest BCUT2D eigenvalue weighted by molar-refractivity contribution is 0.275. The molecule has 2 unspecified atom stereocenters. The summed E-state index contributed by atoms with van der Waals surface area (Å²) in [4.78, 5) is 2.63. The van der Waals surface area contributed by atoms with E-state index < -0.39 is 0 Å². The first-order valence-electron chi connectivity index (χ1n) is 8.36. The van der Waals surface area contributed by atoms with Gasteiger partial charge >= 0.3 is 0 Å². The molecule has 110 valence electrons. The topological polar surface area (TPSA) is 15.3 Å². The molecule has 2 aliphatic rings. The molecule has 3 rings (SSSR count). The first kappa shape index (κ1) is 14.1. The highest BCUT2D eigenvalue weighted by atomic mass is 15.1. The summed E-state index contributed by atoms with van der Waals surface area (Å²) in [6.45, 7) is 7.43. The van der Waals surface area contributed by atoms with Crippen molar-refractivity contribution in [3.63, 3.8) is 0 Å². The molecule has 0 bridgehead atoms. The molecule has 1 aromatic rings. The zero-order chi connectivity index (χ0) is 13.8. The number of rotatable bonds is 5. The Labute approximate surface area is 123 Å². The molecule has 1 aliphatic carbocycles. The van der Waals surface area contributed by atoms with E-state index in [1.807, 2.05) is 0 Å². The Balaban J connectivity index is 1.51. The number of benzene rings is 1. The van der Waals surface area contributed by atoms with Crippen molar-refractivity contribution >= 4 is 0 Å². The average Bonchev–Trinajstić information content (AvgIpc) is 2.98. The van der Waals surface area contributed by atoms with Gasteiger partial charge in [0.05, 0.1) is 0 Å². The lowest BCUT2D eigenvalue weighted by Gasteiger charge is -2.28. The van der Waals surface area contributed by atoms with Gasteiger partial charge < -0.3 is 10.2 Å². The highest BCUT2D eigenvalue weighted by molar-refractivity contribution is 5.32. The molecule has 1 aromatic carbocycles. The molecule has 2 atom stereocenters. The van der Waals surface area contributed by atoms with E-state index in [0.717, 1.165) is 12.5 Å². The van der Waals surface area contributed by atoms with Crippen molar-refractivity contribution in [2.75, 3.05) is 26.2 Å². The van der Waals surface area contributed by atoms with Gasteiger partial charge in [0.2, 0.25) is 0 Å². The third-order valence-electron chi connectivity index (χ3n) is 4.85. The number of hydrogen-bond donors (Lipinski definition) is 1. The van der Waals surface area contributed by atoms with Crippen LogP contribution in [0.15, 0.2) is 24.3 Å². The maximum atomic E-state index is 3.82. The van der Waals surface area contributed by atoms with E-state index in [1.54, 1.807) is 11.1 Å². The van der Waals surface area contributed by atoms with Crippen LogP contribution in [0.2, 0.25) is 0 Å². The lowest BCUT2D eigenvalue weighted by Crippen LogP contribution is -2.34. The summed E-state index contributed by atoms with van der Waals surface area (Å²) in [5.74, 6) is 0.752. The van der Waals surface area contributed by atoms with Crippen LogP contribution in [0.1, 0.15) is 49.8 Å². The van der Waals surface area contributed by atoms with Crippen LogP contribution in [-0.4, -0.2) is 31.1 Å². The minimum atomic E-state index is 0.584. The normalized spacial score (nSPS) is 24.6. The highest BCUT2D eigenvalue weighted by Crippen LogP contribution is 2.29. The first-order valence-corrected chi connectivity index (χ1v) is 8.36. The van der Waals surface area contributed by atoms with Gasteiger partial charge in [0.1, 0.15) is 0 Å². The number of fused-ring (bicyclic) bond motifs is 1. The number of hydrogen-bond acceptors (Lipinski definition) is 2. The quantitative estimate of drug-likeness (QED) is 0.884. The second kappa shape index (κ2) is 6.73. The molecule has 2 nitrogen and oxygen atoms in total. The van der Waals surface area contributed by atoms with E-state index in [-0.39, 0.29) is 0 Å². The Morgan fingerprint density at radius 2 is 2.00 bits per heavy atom. The van der Waals surface area contributed by atoms with Gasteiger partial charge in [-0.05, 0) is 68.8 Å². The van der Waals surface area contributed by atoms with E-state index in [9.17, 15) is 0 Å². The van der Waals surface area contributed by atoms with Crippen molar-refractivity contribution in [3.05, 3.63) is 35.4 Å². The summed E-state index contributed by atoms with van der Waals surface area (Å²) in [6, 6.07) is 9.57. The van der Waals surface area contributed by atoms with E-state index in [4.69, 9.17) is 0 Å². The lowest BCUT2D eigenvalue weighted by atomic mass is 9.87. The van der Waals surface area contributed by atoms with Crippen LogP contribution in [0.3, 0.4) is 0 Å². The van der Waals surface area contributed by atoms with Crippen molar-refractivity contribution < 1.29 is 0 Å². The molecule has 0 aromatic heterocycles. The summed E-state index contributed by atoms with van der Waals surface area (Å²) in [7, 11) is 0. The van der Waals surface area contributed by atoms with Crippen LogP contribution in [0.4, 0.5) is 0 Å². The Kier molecular flexibility index (Phi) is 4.74. The molecule has 1 saturated heterocycles. The standard InChI is InChI=1S/C18H28N2/c1-15(14-20-11-4-5-12-20)13-19-18-10-6-8-16-7-2-3-9-17(16)18/h2-3,7,9,15,18-19H,4-6,8,10-14H2,1H3. The Morgan fingerprint density at radius 3 is 2.85 bits per heavy atom. The Morgan fingerprint density at radius 1 is 1.20 bits per heavy atom. The summed E-state index contributed by atoms with van der Waals surface area (Å²) in [6.07, 6.45) is 6.69. The fourth-order valence-electron chi connectivity index (χ4n) is 3.78. The second-order valence-electron chi connectivity index (χ2n) is 6.66. The van der Waals surface area contributed by atoms with Crippen LogP contribution < -0.4 is 5.32 Å². The van der Waals surface area contributed by atoms with Gasteiger partial charge in [-0.25, -0.2) is 0 Å². The third-order valence-corrected chi connectivity index (χ3v) is 4.85. The van der Waals surface area contributed by atoms with E-state index >= 15 is 0 Å². The minimum absolute atomic E-state index is 0.584. The summed E-state index contributed by atoms with van der Waals surface area (Å²) in [5.41, 5.74) is 3.11. The molecular weight excluding hydrogens is 244 g/mol. The monoisotopic (exact) mass is 272 g/mol. The molecule has 0 radical (unpaired) electrons. The number of nitrogens with one attached hydrogen (secondary N) is 1. The zero-order valence-electron chi connectivity index (χ0n) is 12.8. The molecule has 0 spiro atoms. The minimum Gasteiger partial charge on any atom is -0.310 e. The van der Waals surface area contributed by atoms with Crippen molar-refractivity contribution in [1.29, 1.82) is 0 Å². The van der Waals surface area contributed by atoms with Gasteiger partial charge in [-0.15, -0.1) is 0 Å². The predicted octanol–water partition coefficient (Wildman–Crippen LogP) is 3.39. The summed E-state index contributed by atoms with van der Waals surface area (Å²) < 4.78 is 0. The number of likely N-dealkylation sites (tertiary alicyclic amines) is 1. The van der Waals surface area contributed by atoms with Crippen LogP contribution in [0.25, 0.3) is 0 Å². The summed E-state index contributed by atoms with van der Waals surface area (Å²) in [5, 5.41) is 3.82. The number of aryl methyl sites for hydroxylation is 1. The Hall–Kier alpha value is -0.860. The highest BCUT2D eigenvalue weighted by Gasteiger charge is 2.20. The van der Waals surface area contributed by atoms with Crippen LogP contribution in [0.5, 0.6) is 0 Å². The molecule has 20 heavy (non-hydrogen) atoms. The van der Waals surface area contributed by atoms with Crippen molar-refractivity contribution in [2.45, 2.75) is 45.1 Å². The van der Waals surface area contributed by atoms with E-state index in [0.29, 0.717) is 6.04 Å². The van der Waals surface area contributed by atoms with E-state index in [2.05, 4.69) is 41.4 Å². The first-order chi connectivity index (χ1) is 9.83. The van der Waals surface area contributed by atoms with Crippen molar-refractivity contribution in [1.82, 2.24) is 10.2 Å². The van der Waals surface area contributed by atoms with Crippen molar-refractivity contribution in [3.8, 4) is 0 Å². The molecular formula is C18H28N2. The van der Waals surface area contributed by atoms with Crippen LogP contribution in [0, 0.1) is 5.92 Å². The molecule has 2 heteroatoms. The van der Waals surface area contributed by atoms with Gasteiger partial charge in [-0.2, -0.15) is 0 Å². The van der Waals surface area contributed by atoms with Gasteiger partial charge in [0, 0.05) is 12.6 Å².